The predicted octanol–water partition coefficient (Wildman–Crippen LogP) is 1.43. The van der Waals surface area contributed by atoms with Crippen molar-refractivity contribution < 1.29 is 14.4 Å². The van der Waals surface area contributed by atoms with Crippen LogP contribution in [-0.2, 0) is 16.1 Å². The van der Waals surface area contributed by atoms with E-state index < -0.39 is 0 Å². The summed E-state index contributed by atoms with van der Waals surface area (Å²) in [5.74, 6) is -0.0595. The van der Waals surface area contributed by atoms with Gasteiger partial charge in [0.2, 0.25) is 11.8 Å². The number of rotatable bonds is 10. The van der Waals surface area contributed by atoms with Gasteiger partial charge in [-0.15, -0.1) is 0 Å². The number of hydrogen-bond acceptors (Lipinski definition) is 7. The van der Waals surface area contributed by atoms with Gasteiger partial charge in [0.1, 0.15) is 18.1 Å². The fourth-order valence-electron chi connectivity index (χ4n) is 4.17. The first kappa shape index (κ1) is 25.2. The van der Waals surface area contributed by atoms with Gasteiger partial charge in [-0.1, -0.05) is 30.4 Å². The van der Waals surface area contributed by atoms with Gasteiger partial charge in [-0.2, -0.15) is 5.10 Å². The molecule has 5 rings (SSSR count). The Morgan fingerprint density at radius 3 is 2.71 bits per heavy atom. The fourth-order valence-corrected chi connectivity index (χ4v) is 4.17. The Labute approximate surface area is 219 Å². The summed E-state index contributed by atoms with van der Waals surface area (Å²) < 4.78 is 1.55. The molecule has 196 valence electrons. The van der Waals surface area contributed by atoms with Gasteiger partial charge in [0, 0.05) is 43.4 Å². The maximum Gasteiger partial charge on any atom is 0.274 e. The number of nitrogens with one attached hydrogen (secondary N) is 5. The number of fused-ring (bicyclic) bond motifs is 1. The van der Waals surface area contributed by atoms with E-state index in [4.69, 9.17) is 0 Å². The molecule has 0 spiro atoms. The van der Waals surface area contributed by atoms with E-state index >= 15 is 0 Å². The van der Waals surface area contributed by atoms with Crippen LogP contribution in [0.15, 0.2) is 66.9 Å². The number of pyridine rings is 1. The van der Waals surface area contributed by atoms with Gasteiger partial charge in [-0.3, -0.25) is 19.1 Å². The molecule has 1 atom stereocenters. The van der Waals surface area contributed by atoms with E-state index in [0.29, 0.717) is 48.3 Å². The lowest BCUT2D eigenvalue weighted by atomic mass is 10.0. The van der Waals surface area contributed by atoms with Crippen LogP contribution in [-0.4, -0.2) is 64.7 Å². The molecule has 0 bridgehead atoms. The number of anilines is 2. The van der Waals surface area contributed by atoms with Crippen molar-refractivity contribution in [1.29, 1.82) is 0 Å². The van der Waals surface area contributed by atoms with Crippen molar-refractivity contribution in [3.05, 3.63) is 72.6 Å². The standard InChI is InChI=1S/C27H30N8O3/c36-25(29-11-12-30-26(37)18-5-2-1-3-6-18)17-35-16-19-13-20(9-10-22(19)34-35)32-27(38)23-7-4-8-24(33-23)31-21-14-28-15-21/h1-5,7-10,13,16,18,21,28H,6,11-12,14-15,17H2,(H,29,36)(H,30,37)(H,31,33)(H,32,38). The van der Waals surface area contributed by atoms with E-state index in [-0.39, 0.29) is 30.2 Å². The summed E-state index contributed by atoms with van der Waals surface area (Å²) in [5, 5.41) is 20.2. The highest BCUT2D eigenvalue weighted by atomic mass is 16.2. The highest BCUT2D eigenvalue weighted by Crippen LogP contribution is 2.19. The smallest absolute Gasteiger partial charge is 0.274 e. The van der Waals surface area contributed by atoms with E-state index in [1.165, 1.54) is 0 Å². The van der Waals surface area contributed by atoms with Crippen LogP contribution >= 0.6 is 0 Å². The molecule has 3 aromatic rings. The molecule has 5 N–H and O–H groups in total. The van der Waals surface area contributed by atoms with Crippen molar-refractivity contribution in [3.8, 4) is 0 Å². The van der Waals surface area contributed by atoms with Crippen LogP contribution in [0.1, 0.15) is 16.9 Å². The lowest BCUT2D eigenvalue weighted by Gasteiger charge is -2.28. The van der Waals surface area contributed by atoms with E-state index in [9.17, 15) is 14.4 Å². The molecule has 3 heterocycles. The van der Waals surface area contributed by atoms with Crippen molar-refractivity contribution >= 4 is 40.1 Å². The second-order valence-corrected chi connectivity index (χ2v) is 9.26. The average molecular weight is 515 g/mol. The number of amides is 3. The van der Waals surface area contributed by atoms with Gasteiger partial charge in [0.05, 0.1) is 17.5 Å². The number of hydrogen-bond donors (Lipinski definition) is 5. The topological polar surface area (TPSA) is 142 Å². The Morgan fingerprint density at radius 2 is 1.92 bits per heavy atom. The number of carbonyl (C=O) groups excluding carboxylic acids is 3. The Morgan fingerprint density at radius 1 is 1.05 bits per heavy atom. The van der Waals surface area contributed by atoms with Gasteiger partial charge >= 0.3 is 0 Å². The highest BCUT2D eigenvalue weighted by Gasteiger charge is 2.18. The van der Waals surface area contributed by atoms with Crippen molar-refractivity contribution in [3.63, 3.8) is 0 Å². The second-order valence-electron chi connectivity index (χ2n) is 9.26. The number of nitrogens with zero attached hydrogens (tertiary/aromatic N) is 3. The van der Waals surface area contributed by atoms with Crippen LogP contribution in [0, 0.1) is 5.92 Å². The molecular formula is C27H30N8O3. The van der Waals surface area contributed by atoms with E-state index in [1.807, 2.05) is 30.4 Å². The largest absolute Gasteiger partial charge is 0.365 e. The van der Waals surface area contributed by atoms with Gasteiger partial charge in [-0.25, -0.2) is 4.98 Å². The molecule has 2 aliphatic rings. The Kier molecular flexibility index (Phi) is 7.74. The van der Waals surface area contributed by atoms with Crippen LogP contribution in [0.2, 0.25) is 0 Å². The molecule has 38 heavy (non-hydrogen) atoms. The second kappa shape index (κ2) is 11.7. The predicted molar refractivity (Wildman–Crippen MR) is 145 cm³/mol. The molecule has 1 saturated heterocycles. The van der Waals surface area contributed by atoms with Crippen molar-refractivity contribution in [2.75, 3.05) is 36.8 Å². The van der Waals surface area contributed by atoms with Gasteiger partial charge in [-0.05, 0) is 36.8 Å². The third-order valence-electron chi connectivity index (χ3n) is 6.29. The minimum atomic E-state index is -0.311. The van der Waals surface area contributed by atoms with Crippen LogP contribution in [0.5, 0.6) is 0 Å². The molecule has 3 amide bonds. The highest BCUT2D eigenvalue weighted by molar-refractivity contribution is 6.04. The third kappa shape index (κ3) is 6.43. The van der Waals surface area contributed by atoms with Crippen molar-refractivity contribution in [2.45, 2.75) is 19.0 Å². The van der Waals surface area contributed by atoms with Gasteiger partial charge < -0.3 is 26.6 Å². The molecule has 11 heteroatoms. The lowest BCUT2D eigenvalue weighted by Crippen LogP contribution is -2.51. The number of carbonyl (C=O) groups is 3. The van der Waals surface area contributed by atoms with Crippen LogP contribution < -0.4 is 26.6 Å². The Bertz CT molecular complexity index is 1390. The zero-order chi connectivity index (χ0) is 26.3. The van der Waals surface area contributed by atoms with Crippen molar-refractivity contribution in [2.24, 2.45) is 5.92 Å². The molecule has 0 radical (unpaired) electrons. The molecule has 1 aliphatic carbocycles. The lowest BCUT2D eigenvalue weighted by molar-refractivity contribution is -0.124. The quantitative estimate of drug-likeness (QED) is 0.258. The minimum absolute atomic E-state index is 0.0424. The first-order valence-corrected chi connectivity index (χ1v) is 12.6. The number of benzene rings is 1. The van der Waals surface area contributed by atoms with Gasteiger partial charge in [0.15, 0.2) is 0 Å². The molecule has 0 saturated carbocycles. The molecule has 1 fully saturated rings. The SMILES string of the molecule is O=C(Cn1cc2cc(NC(=O)c3cccc(NC4CNC4)n3)ccc2n1)NCCNC(=O)C1C=CC=CC1. The maximum atomic E-state index is 12.8. The van der Waals surface area contributed by atoms with Crippen LogP contribution in [0.25, 0.3) is 10.9 Å². The molecule has 1 aromatic carbocycles. The summed E-state index contributed by atoms with van der Waals surface area (Å²) in [6, 6.07) is 11.0. The monoisotopic (exact) mass is 514 g/mol. The molecule has 11 nitrogen and oxygen atoms in total. The first-order valence-electron chi connectivity index (χ1n) is 12.6. The molecule has 1 unspecified atom stereocenters. The zero-order valence-electron chi connectivity index (χ0n) is 20.8. The number of aromatic nitrogens is 3. The van der Waals surface area contributed by atoms with E-state index in [2.05, 4.69) is 36.7 Å². The average Bonchev–Trinajstić information content (AvgIpc) is 3.30. The fraction of sp³-hybridized carbons (Fsp3) is 0.296. The maximum absolute atomic E-state index is 12.8. The summed E-state index contributed by atoms with van der Waals surface area (Å²) in [6.45, 7) is 2.48. The summed E-state index contributed by atoms with van der Waals surface area (Å²) in [4.78, 5) is 41.6. The number of allylic oxidation sites excluding steroid dienone is 3. The van der Waals surface area contributed by atoms with Crippen LogP contribution in [0.3, 0.4) is 0 Å². The summed E-state index contributed by atoms with van der Waals surface area (Å²) >= 11 is 0. The molecular weight excluding hydrogens is 484 g/mol. The zero-order valence-corrected chi connectivity index (χ0v) is 20.8. The summed E-state index contributed by atoms with van der Waals surface area (Å²) in [5.41, 5.74) is 1.63. The Balaban J connectivity index is 1.10. The van der Waals surface area contributed by atoms with Crippen LogP contribution in [0.4, 0.5) is 11.5 Å². The van der Waals surface area contributed by atoms with E-state index in [0.717, 1.165) is 18.5 Å². The Hall–Kier alpha value is -4.51. The third-order valence-corrected chi connectivity index (χ3v) is 6.29. The summed E-state index contributed by atoms with van der Waals surface area (Å²) in [6.07, 6.45) is 10.1. The molecule has 1 aliphatic heterocycles. The first-order chi connectivity index (χ1) is 18.5. The van der Waals surface area contributed by atoms with E-state index in [1.54, 1.807) is 41.2 Å². The van der Waals surface area contributed by atoms with Crippen molar-refractivity contribution in [1.82, 2.24) is 30.7 Å². The normalized spacial score (nSPS) is 16.6. The summed E-state index contributed by atoms with van der Waals surface area (Å²) in [7, 11) is 0. The molecule has 2 aromatic heterocycles. The minimum Gasteiger partial charge on any atom is -0.365 e. The van der Waals surface area contributed by atoms with Gasteiger partial charge in [0.25, 0.3) is 5.91 Å².